The highest BCUT2D eigenvalue weighted by Crippen LogP contribution is 2.20. The van der Waals surface area contributed by atoms with Crippen molar-refractivity contribution in [3.63, 3.8) is 0 Å². The Morgan fingerprint density at radius 3 is 2.82 bits per heavy atom. The Kier molecular flexibility index (Phi) is 3.10. The van der Waals surface area contributed by atoms with Gasteiger partial charge in [-0.05, 0) is 13.0 Å². The third kappa shape index (κ3) is 2.45. The summed E-state index contributed by atoms with van der Waals surface area (Å²) in [6, 6.07) is 1.59. The molecule has 0 saturated carbocycles. The predicted octanol–water partition coefficient (Wildman–Crippen LogP) is 2.59. The normalized spacial score (nSPS) is 10.3. The number of amides is 1. The maximum Gasteiger partial charge on any atom is 0.293 e. The molecule has 5 nitrogen and oxygen atoms in total. The molecule has 6 heteroatoms. The molecule has 0 aliphatic carbocycles. The Morgan fingerprint density at radius 1 is 1.47 bits per heavy atom. The lowest BCUT2D eigenvalue weighted by atomic mass is 10.3. The minimum Gasteiger partial charge on any atom is -0.436 e. The van der Waals surface area contributed by atoms with Gasteiger partial charge in [0.25, 0.3) is 5.91 Å². The van der Waals surface area contributed by atoms with Gasteiger partial charge in [-0.1, -0.05) is 11.6 Å². The topological polar surface area (TPSA) is 68.0 Å². The first kappa shape index (κ1) is 11.6. The summed E-state index contributed by atoms with van der Waals surface area (Å²) in [5.41, 5.74) is 0.979. The Bertz CT molecular complexity index is 566. The van der Waals surface area contributed by atoms with Gasteiger partial charge in [0.2, 0.25) is 5.76 Å². The fourth-order valence-electron chi connectivity index (χ4n) is 1.39. The van der Waals surface area contributed by atoms with Crippen LogP contribution in [0, 0.1) is 13.8 Å². The monoisotopic (exact) mass is 251 g/mol. The van der Waals surface area contributed by atoms with Crippen molar-refractivity contribution < 1.29 is 9.21 Å². The first-order chi connectivity index (χ1) is 8.08. The van der Waals surface area contributed by atoms with Crippen molar-refractivity contribution in [3.8, 4) is 0 Å². The molecule has 2 aromatic rings. The van der Waals surface area contributed by atoms with Crippen molar-refractivity contribution in [1.82, 2.24) is 9.97 Å². The average Bonchev–Trinajstić information content (AvgIpc) is 2.61. The molecule has 1 N–H and O–H groups in total. The van der Waals surface area contributed by atoms with E-state index in [0.29, 0.717) is 22.3 Å². The Labute approximate surface area is 103 Å². The number of aryl methyl sites for hydroxylation is 2. The third-order valence-electron chi connectivity index (χ3n) is 2.13. The molecule has 88 valence electrons. The molecular weight excluding hydrogens is 242 g/mol. The van der Waals surface area contributed by atoms with Crippen molar-refractivity contribution >= 4 is 23.2 Å². The highest BCUT2D eigenvalue weighted by molar-refractivity contribution is 6.33. The van der Waals surface area contributed by atoms with Crippen molar-refractivity contribution in [2.24, 2.45) is 0 Å². The second kappa shape index (κ2) is 4.55. The van der Waals surface area contributed by atoms with E-state index in [9.17, 15) is 4.79 Å². The number of aromatic nitrogens is 2. The number of carbonyl (C=O) groups excluding carboxylic acids is 1. The maximum absolute atomic E-state index is 11.9. The van der Waals surface area contributed by atoms with E-state index >= 15 is 0 Å². The number of nitrogens with one attached hydrogen (secondary N) is 1. The van der Waals surface area contributed by atoms with Gasteiger partial charge < -0.3 is 9.73 Å². The molecule has 0 spiro atoms. The molecule has 0 atom stereocenters. The zero-order valence-electron chi connectivity index (χ0n) is 9.32. The molecule has 0 aliphatic rings. The standard InChI is InChI=1S/C11H10ClN3O2/c1-6-10(17-7(2)14-6)11(16)15-9-5-13-4-3-8(9)12/h3-5H,1-2H3,(H,15,16). The van der Waals surface area contributed by atoms with Crippen molar-refractivity contribution in [2.75, 3.05) is 5.32 Å². The molecule has 0 radical (unpaired) electrons. The second-order valence-corrected chi connectivity index (χ2v) is 3.86. The van der Waals surface area contributed by atoms with Crippen LogP contribution in [0.1, 0.15) is 22.1 Å². The Balaban J connectivity index is 2.23. The fourth-order valence-corrected chi connectivity index (χ4v) is 1.54. The van der Waals surface area contributed by atoms with Crippen LogP contribution in [0.2, 0.25) is 5.02 Å². The molecule has 1 amide bonds. The van der Waals surface area contributed by atoms with Gasteiger partial charge in [-0.3, -0.25) is 9.78 Å². The van der Waals surface area contributed by atoms with E-state index < -0.39 is 5.91 Å². The van der Waals surface area contributed by atoms with E-state index in [-0.39, 0.29) is 5.76 Å². The number of halogens is 1. The number of anilines is 1. The lowest BCUT2D eigenvalue weighted by Gasteiger charge is -2.04. The summed E-state index contributed by atoms with van der Waals surface area (Å²) in [6.45, 7) is 3.39. The van der Waals surface area contributed by atoms with Gasteiger partial charge in [-0.2, -0.15) is 0 Å². The van der Waals surface area contributed by atoms with Gasteiger partial charge in [0.1, 0.15) is 0 Å². The average molecular weight is 252 g/mol. The summed E-state index contributed by atoms with van der Waals surface area (Å²) in [7, 11) is 0. The third-order valence-corrected chi connectivity index (χ3v) is 2.46. The van der Waals surface area contributed by atoms with E-state index in [0.717, 1.165) is 0 Å². The minimum absolute atomic E-state index is 0.183. The van der Waals surface area contributed by atoms with Crippen LogP contribution < -0.4 is 5.32 Å². The fraction of sp³-hybridized carbons (Fsp3) is 0.182. The summed E-state index contributed by atoms with van der Waals surface area (Å²) in [5, 5.41) is 3.03. The van der Waals surface area contributed by atoms with E-state index in [2.05, 4.69) is 15.3 Å². The molecule has 2 heterocycles. The molecule has 0 saturated heterocycles. The van der Waals surface area contributed by atoms with Crippen molar-refractivity contribution in [1.29, 1.82) is 0 Å². The lowest BCUT2D eigenvalue weighted by Crippen LogP contribution is -2.12. The number of nitrogens with zero attached hydrogens (tertiary/aromatic N) is 2. The van der Waals surface area contributed by atoms with Gasteiger partial charge in [-0.25, -0.2) is 4.98 Å². The van der Waals surface area contributed by atoms with Crippen LogP contribution in [0.3, 0.4) is 0 Å². The zero-order valence-corrected chi connectivity index (χ0v) is 10.1. The van der Waals surface area contributed by atoms with Gasteiger partial charge in [0, 0.05) is 13.1 Å². The predicted molar refractivity (Wildman–Crippen MR) is 63.2 cm³/mol. The molecule has 0 fully saturated rings. The van der Waals surface area contributed by atoms with E-state index in [1.807, 2.05) is 0 Å². The number of hydrogen-bond acceptors (Lipinski definition) is 4. The quantitative estimate of drug-likeness (QED) is 0.891. The maximum atomic E-state index is 11.9. The van der Waals surface area contributed by atoms with Crippen LogP contribution in [-0.2, 0) is 0 Å². The highest BCUT2D eigenvalue weighted by atomic mass is 35.5. The first-order valence-corrected chi connectivity index (χ1v) is 5.30. The number of carbonyl (C=O) groups is 1. The summed E-state index contributed by atoms with van der Waals surface area (Å²) in [5.74, 6) is 0.241. The summed E-state index contributed by atoms with van der Waals surface area (Å²) in [6.07, 6.45) is 3.01. The molecule has 0 aromatic carbocycles. The van der Waals surface area contributed by atoms with Crippen molar-refractivity contribution in [2.45, 2.75) is 13.8 Å². The van der Waals surface area contributed by atoms with Gasteiger partial charge >= 0.3 is 0 Å². The summed E-state index contributed by atoms with van der Waals surface area (Å²) >= 11 is 5.90. The van der Waals surface area contributed by atoms with E-state index in [1.54, 1.807) is 26.1 Å². The number of hydrogen-bond donors (Lipinski definition) is 1. The summed E-state index contributed by atoms with van der Waals surface area (Å²) < 4.78 is 5.20. The van der Waals surface area contributed by atoms with Crippen molar-refractivity contribution in [3.05, 3.63) is 40.8 Å². The van der Waals surface area contributed by atoms with Crippen LogP contribution >= 0.6 is 11.6 Å². The van der Waals surface area contributed by atoms with Gasteiger partial charge in [0.05, 0.1) is 22.6 Å². The summed E-state index contributed by atoms with van der Waals surface area (Å²) in [4.78, 5) is 19.8. The Hall–Kier alpha value is -1.88. The van der Waals surface area contributed by atoms with E-state index in [4.69, 9.17) is 16.0 Å². The van der Waals surface area contributed by atoms with Crippen LogP contribution in [0.15, 0.2) is 22.9 Å². The van der Waals surface area contributed by atoms with Gasteiger partial charge in [-0.15, -0.1) is 0 Å². The molecule has 17 heavy (non-hydrogen) atoms. The van der Waals surface area contributed by atoms with E-state index in [1.165, 1.54) is 6.20 Å². The Morgan fingerprint density at radius 2 is 2.24 bits per heavy atom. The molecule has 0 bridgehead atoms. The molecular formula is C11H10ClN3O2. The first-order valence-electron chi connectivity index (χ1n) is 4.93. The molecule has 2 aromatic heterocycles. The van der Waals surface area contributed by atoms with Crippen LogP contribution in [0.25, 0.3) is 0 Å². The zero-order chi connectivity index (χ0) is 12.4. The van der Waals surface area contributed by atoms with Crippen LogP contribution in [-0.4, -0.2) is 15.9 Å². The largest absolute Gasteiger partial charge is 0.436 e. The lowest BCUT2D eigenvalue weighted by molar-refractivity contribution is 0.0994. The molecule has 0 unspecified atom stereocenters. The van der Waals surface area contributed by atoms with Crippen LogP contribution in [0.4, 0.5) is 5.69 Å². The smallest absolute Gasteiger partial charge is 0.293 e. The van der Waals surface area contributed by atoms with Crippen LogP contribution in [0.5, 0.6) is 0 Å². The molecule has 0 aliphatic heterocycles. The number of rotatable bonds is 2. The number of pyridine rings is 1. The van der Waals surface area contributed by atoms with Gasteiger partial charge in [0.15, 0.2) is 5.89 Å². The highest BCUT2D eigenvalue weighted by Gasteiger charge is 2.16. The molecule has 2 rings (SSSR count). The minimum atomic E-state index is -0.391. The second-order valence-electron chi connectivity index (χ2n) is 3.46. The number of oxazole rings is 1. The SMILES string of the molecule is Cc1nc(C)c(C(=O)Nc2cnccc2Cl)o1.